The van der Waals surface area contributed by atoms with Crippen LogP contribution in [0, 0.1) is 11.7 Å². The lowest BCUT2D eigenvalue weighted by atomic mass is 10.1. The highest BCUT2D eigenvalue weighted by Crippen LogP contribution is 2.17. The maximum Gasteiger partial charge on any atom is 0.123 e. The minimum absolute atomic E-state index is 0.194. The summed E-state index contributed by atoms with van der Waals surface area (Å²) in [5.41, 5.74) is 3.66. The van der Waals surface area contributed by atoms with E-state index >= 15 is 0 Å². The van der Waals surface area contributed by atoms with E-state index in [0.717, 1.165) is 43.9 Å². The average molecular weight is 395 g/mol. The van der Waals surface area contributed by atoms with E-state index in [9.17, 15) is 4.39 Å². The van der Waals surface area contributed by atoms with Crippen molar-refractivity contribution in [1.29, 1.82) is 0 Å². The number of rotatable bonds is 10. The van der Waals surface area contributed by atoms with E-state index in [4.69, 9.17) is 4.74 Å². The van der Waals surface area contributed by atoms with Crippen molar-refractivity contribution in [1.82, 2.24) is 9.47 Å². The molecule has 29 heavy (non-hydrogen) atoms. The van der Waals surface area contributed by atoms with Crippen LogP contribution < -0.4 is 4.74 Å². The number of ether oxygens (including phenoxy) is 1. The van der Waals surface area contributed by atoms with Crippen molar-refractivity contribution in [3.05, 3.63) is 89.5 Å². The Morgan fingerprint density at radius 3 is 2.28 bits per heavy atom. The molecule has 0 fully saturated rings. The fraction of sp³-hybridized carbons (Fsp3) is 0.360. The van der Waals surface area contributed by atoms with Crippen LogP contribution in [0.1, 0.15) is 37.1 Å². The monoisotopic (exact) mass is 394 g/mol. The molecule has 4 heteroatoms. The van der Waals surface area contributed by atoms with E-state index in [0.29, 0.717) is 5.92 Å². The van der Waals surface area contributed by atoms with Crippen molar-refractivity contribution >= 4 is 0 Å². The van der Waals surface area contributed by atoms with Crippen LogP contribution in [0.4, 0.5) is 4.39 Å². The van der Waals surface area contributed by atoms with Gasteiger partial charge in [0.2, 0.25) is 0 Å². The number of hydrogen-bond acceptors (Lipinski definition) is 2. The topological polar surface area (TPSA) is 17.4 Å². The van der Waals surface area contributed by atoms with Crippen LogP contribution in [0.5, 0.6) is 5.75 Å². The van der Waals surface area contributed by atoms with Crippen molar-refractivity contribution in [2.45, 2.75) is 39.9 Å². The molecule has 0 saturated carbocycles. The summed E-state index contributed by atoms with van der Waals surface area (Å²) in [5, 5.41) is 0. The van der Waals surface area contributed by atoms with Crippen molar-refractivity contribution in [2.24, 2.45) is 5.92 Å². The van der Waals surface area contributed by atoms with Crippen LogP contribution in [0.3, 0.4) is 0 Å². The molecule has 0 saturated heterocycles. The summed E-state index contributed by atoms with van der Waals surface area (Å²) in [6.45, 7) is 8.12. The van der Waals surface area contributed by atoms with Crippen molar-refractivity contribution in [3.63, 3.8) is 0 Å². The Bertz CT molecular complexity index is 869. The lowest BCUT2D eigenvalue weighted by Gasteiger charge is -2.24. The highest BCUT2D eigenvalue weighted by Gasteiger charge is 2.11. The van der Waals surface area contributed by atoms with Crippen molar-refractivity contribution in [3.8, 4) is 5.75 Å². The lowest BCUT2D eigenvalue weighted by Crippen LogP contribution is -2.26. The molecule has 0 aliphatic rings. The van der Waals surface area contributed by atoms with Gasteiger partial charge in [-0.1, -0.05) is 38.1 Å². The Kier molecular flexibility index (Phi) is 7.48. The molecular weight excluding hydrogens is 363 g/mol. The third-order valence-electron chi connectivity index (χ3n) is 5.16. The molecule has 0 aliphatic carbocycles. The van der Waals surface area contributed by atoms with Gasteiger partial charge in [-0.25, -0.2) is 4.39 Å². The van der Waals surface area contributed by atoms with E-state index < -0.39 is 0 Å². The molecule has 154 valence electrons. The minimum atomic E-state index is -0.194. The first-order valence-electron chi connectivity index (χ1n) is 10.3. The maximum absolute atomic E-state index is 13.2. The van der Waals surface area contributed by atoms with Gasteiger partial charge in [0.1, 0.15) is 11.6 Å². The molecule has 3 nitrogen and oxygen atoms in total. The van der Waals surface area contributed by atoms with E-state index in [1.54, 1.807) is 7.11 Å². The van der Waals surface area contributed by atoms with E-state index in [1.165, 1.54) is 23.4 Å². The first-order chi connectivity index (χ1) is 14.0. The molecule has 0 aliphatic heterocycles. The number of benzene rings is 2. The second-order valence-electron chi connectivity index (χ2n) is 8.00. The van der Waals surface area contributed by atoms with Gasteiger partial charge in [-0.15, -0.1) is 0 Å². The highest BCUT2D eigenvalue weighted by atomic mass is 19.1. The molecule has 3 aromatic rings. The van der Waals surface area contributed by atoms with Crippen LogP contribution in [-0.2, 0) is 19.6 Å². The van der Waals surface area contributed by atoms with Gasteiger partial charge >= 0.3 is 0 Å². The van der Waals surface area contributed by atoms with Crippen LogP contribution >= 0.6 is 0 Å². The molecule has 0 atom stereocenters. The van der Waals surface area contributed by atoms with Gasteiger partial charge in [0, 0.05) is 31.5 Å². The summed E-state index contributed by atoms with van der Waals surface area (Å²) in [7, 11) is 1.69. The number of hydrogen-bond donors (Lipinski definition) is 0. The molecule has 0 bridgehead atoms. The fourth-order valence-corrected chi connectivity index (χ4v) is 3.41. The maximum atomic E-state index is 13.2. The Hall–Kier alpha value is -2.59. The molecule has 0 N–H and O–H groups in total. The predicted molar refractivity (Wildman–Crippen MR) is 116 cm³/mol. The molecule has 3 rings (SSSR count). The summed E-state index contributed by atoms with van der Waals surface area (Å²) < 4.78 is 20.7. The van der Waals surface area contributed by atoms with Crippen LogP contribution in [0.15, 0.2) is 66.9 Å². The molecule has 1 heterocycles. The number of aromatic nitrogens is 1. The first-order valence-corrected chi connectivity index (χ1v) is 10.3. The lowest BCUT2D eigenvalue weighted by molar-refractivity contribution is 0.235. The van der Waals surface area contributed by atoms with Gasteiger partial charge in [0.25, 0.3) is 0 Å². The molecule has 0 unspecified atom stereocenters. The summed E-state index contributed by atoms with van der Waals surface area (Å²) in [6.07, 6.45) is 3.27. The Balaban J connectivity index is 1.71. The molecule has 0 amide bonds. The quantitative estimate of drug-likeness (QED) is 0.437. The molecular formula is C25H31FN2O. The average Bonchev–Trinajstić information content (AvgIpc) is 3.15. The van der Waals surface area contributed by atoms with Crippen LogP contribution in [0.2, 0.25) is 0 Å². The second-order valence-corrected chi connectivity index (χ2v) is 8.00. The smallest absolute Gasteiger partial charge is 0.123 e. The number of nitrogens with zero attached hydrogens (tertiary/aromatic N) is 2. The van der Waals surface area contributed by atoms with E-state index in [1.807, 2.05) is 24.3 Å². The largest absolute Gasteiger partial charge is 0.497 e. The van der Waals surface area contributed by atoms with Gasteiger partial charge in [-0.05, 0) is 66.4 Å². The Morgan fingerprint density at radius 2 is 1.62 bits per heavy atom. The normalized spacial score (nSPS) is 11.4. The zero-order valence-electron chi connectivity index (χ0n) is 17.6. The van der Waals surface area contributed by atoms with Crippen LogP contribution in [0.25, 0.3) is 0 Å². The van der Waals surface area contributed by atoms with Gasteiger partial charge in [0.05, 0.1) is 7.11 Å². The standard InChI is InChI=1S/C25H31FN2O/c1-20(2)14-16-27(17-21-8-12-25(29-3)13-9-21)19-24-5-4-15-28(24)18-22-6-10-23(26)11-7-22/h4-13,15,20H,14,16-19H2,1-3H3. The first kappa shape index (κ1) is 21.1. The zero-order chi connectivity index (χ0) is 20.6. The predicted octanol–water partition coefficient (Wildman–Crippen LogP) is 5.73. The Labute approximate surface area is 173 Å². The van der Waals surface area contributed by atoms with Gasteiger partial charge < -0.3 is 9.30 Å². The third kappa shape index (κ3) is 6.47. The molecule has 2 aromatic carbocycles. The molecule has 0 radical (unpaired) electrons. The van der Waals surface area contributed by atoms with E-state index in [2.05, 4.69) is 53.8 Å². The van der Waals surface area contributed by atoms with Crippen molar-refractivity contribution < 1.29 is 9.13 Å². The Morgan fingerprint density at radius 1 is 0.931 bits per heavy atom. The van der Waals surface area contributed by atoms with Gasteiger partial charge in [0.15, 0.2) is 0 Å². The minimum Gasteiger partial charge on any atom is -0.497 e. The fourth-order valence-electron chi connectivity index (χ4n) is 3.41. The summed E-state index contributed by atoms with van der Waals surface area (Å²) in [6, 6.07) is 19.3. The zero-order valence-corrected chi connectivity index (χ0v) is 17.6. The second kappa shape index (κ2) is 10.3. The van der Waals surface area contributed by atoms with Gasteiger partial charge in [-0.2, -0.15) is 0 Å². The molecule has 1 aromatic heterocycles. The van der Waals surface area contributed by atoms with Crippen LogP contribution in [-0.4, -0.2) is 23.1 Å². The molecule has 0 spiro atoms. The SMILES string of the molecule is COc1ccc(CN(CCC(C)C)Cc2cccn2Cc2ccc(F)cc2)cc1. The number of halogens is 1. The third-order valence-corrected chi connectivity index (χ3v) is 5.16. The highest BCUT2D eigenvalue weighted by molar-refractivity contribution is 5.27. The summed E-state index contributed by atoms with van der Waals surface area (Å²) in [5.74, 6) is 1.36. The van der Waals surface area contributed by atoms with Crippen molar-refractivity contribution in [2.75, 3.05) is 13.7 Å². The van der Waals surface area contributed by atoms with Gasteiger partial charge in [-0.3, -0.25) is 4.90 Å². The van der Waals surface area contributed by atoms with E-state index in [-0.39, 0.29) is 5.82 Å². The summed E-state index contributed by atoms with van der Waals surface area (Å²) >= 11 is 0. The summed E-state index contributed by atoms with van der Waals surface area (Å²) in [4.78, 5) is 2.50. The number of methoxy groups -OCH3 is 1.